The van der Waals surface area contributed by atoms with E-state index in [2.05, 4.69) is 25.9 Å². The highest BCUT2D eigenvalue weighted by Crippen LogP contribution is 2.17. The Bertz CT molecular complexity index is 396. The monoisotopic (exact) mass is 252 g/mol. The molecule has 1 fully saturated rings. The molecule has 1 aromatic rings. The third-order valence-electron chi connectivity index (χ3n) is 3.01. The Morgan fingerprint density at radius 3 is 2.89 bits per heavy atom. The van der Waals surface area contributed by atoms with E-state index in [1.807, 2.05) is 0 Å². The molecule has 0 amide bonds. The minimum Gasteiger partial charge on any atom is -0.353 e. The normalized spacial score (nSPS) is 17.1. The molecule has 2 rings (SSSR count). The fraction of sp³-hybridized carbons (Fsp3) is 0.727. The van der Waals surface area contributed by atoms with Crippen molar-refractivity contribution < 1.29 is 4.52 Å². The third-order valence-corrected chi connectivity index (χ3v) is 3.01. The molecule has 7 heteroatoms. The van der Waals surface area contributed by atoms with Gasteiger partial charge in [-0.1, -0.05) is 18.0 Å². The maximum atomic E-state index is 5.44. The van der Waals surface area contributed by atoms with E-state index in [-0.39, 0.29) is 0 Å². The van der Waals surface area contributed by atoms with Crippen LogP contribution in [0.25, 0.3) is 0 Å². The van der Waals surface area contributed by atoms with Crippen molar-refractivity contribution in [3.05, 3.63) is 11.7 Å². The summed E-state index contributed by atoms with van der Waals surface area (Å²) in [5.41, 5.74) is 2.60. The van der Waals surface area contributed by atoms with E-state index in [1.165, 1.54) is 25.7 Å². The van der Waals surface area contributed by atoms with Crippen LogP contribution in [0.5, 0.6) is 0 Å². The Labute approximate surface area is 106 Å². The number of nitrogens with two attached hydrogens (primary N) is 1. The fourth-order valence-electron chi connectivity index (χ4n) is 2.11. The number of aromatic nitrogens is 2. The molecular formula is C11H20N6O. The minimum atomic E-state index is 0.493. The molecule has 1 aromatic heterocycles. The van der Waals surface area contributed by atoms with Crippen LogP contribution in [0.2, 0.25) is 0 Å². The van der Waals surface area contributed by atoms with Gasteiger partial charge >= 0.3 is 0 Å². The van der Waals surface area contributed by atoms with E-state index >= 15 is 0 Å². The Balaban J connectivity index is 1.78. The summed E-state index contributed by atoms with van der Waals surface area (Å²) >= 11 is 0. The predicted octanol–water partition coefficient (Wildman–Crippen LogP) is 0.272. The molecule has 0 aliphatic heterocycles. The van der Waals surface area contributed by atoms with Crippen molar-refractivity contribution in [3.8, 4) is 0 Å². The number of hydrogen-bond acceptors (Lipinski definition) is 5. The molecule has 7 nitrogen and oxygen atoms in total. The van der Waals surface area contributed by atoms with Gasteiger partial charge in [0.05, 0.1) is 6.54 Å². The molecule has 1 saturated carbocycles. The van der Waals surface area contributed by atoms with Gasteiger partial charge in [-0.2, -0.15) is 4.98 Å². The summed E-state index contributed by atoms with van der Waals surface area (Å²) in [7, 11) is 0. The Hall–Kier alpha value is -1.63. The molecule has 1 heterocycles. The second kappa shape index (κ2) is 6.34. The molecule has 1 aliphatic carbocycles. The number of hydrogen-bond donors (Lipinski definition) is 3. The summed E-state index contributed by atoms with van der Waals surface area (Å²) in [4.78, 5) is 8.48. The average molecular weight is 252 g/mol. The Kier molecular flexibility index (Phi) is 4.52. The average Bonchev–Trinajstić information content (AvgIpc) is 3.00. The van der Waals surface area contributed by atoms with Crippen molar-refractivity contribution in [3.63, 3.8) is 0 Å². The smallest absolute Gasteiger partial charge is 0.223 e. The van der Waals surface area contributed by atoms with Crippen molar-refractivity contribution in [2.45, 2.75) is 45.1 Å². The van der Waals surface area contributed by atoms with E-state index < -0.39 is 0 Å². The van der Waals surface area contributed by atoms with Gasteiger partial charge in [0, 0.05) is 19.4 Å². The lowest BCUT2D eigenvalue weighted by atomic mass is 10.2. The van der Waals surface area contributed by atoms with E-state index in [4.69, 9.17) is 10.4 Å². The van der Waals surface area contributed by atoms with Crippen molar-refractivity contribution in [1.29, 1.82) is 0 Å². The van der Waals surface area contributed by atoms with Crippen LogP contribution in [-0.4, -0.2) is 28.7 Å². The zero-order chi connectivity index (χ0) is 12.8. The van der Waals surface area contributed by atoms with Crippen LogP contribution in [-0.2, 0) is 6.42 Å². The van der Waals surface area contributed by atoms with Crippen LogP contribution >= 0.6 is 0 Å². The van der Waals surface area contributed by atoms with E-state index in [9.17, 15) is 0 Å². The molecule has 0 unspecified atom stereocenters. The summed E-state index contributed by atoms with van der Waals surface area (Å²) < 4.78 is 4.89. The Morgan fingerprint density at radius 2 is 2.28 bits per heavy atom. The van der Waals surface area contributed by atoms with Gasteiger partial charge in [-0.25, -0.2) is 5.84 Å². The second-order valence-electron chi connectivity index (χ2n) is 4.48. The number of hydrazine groups is 1. The molecule has 100 valence electrons. The highest BCUT2D eigenvalue weighted by atomic mass is 16.5. The maximum absolute atomic E-state index is 5.44. The van der Waals surface area contributed by atoms with Gasteiger partial charge < -0.3 is 9.84 Å². The lowest BCUT2D eigenvalue weighted by Crippen LogP contribution is -2.45. The predicted molar refractivity (Wildman–Crippen MR) is 67.8 cm³/mol. The first-order valence-electron chi connectivity index (χ1n) is 6.34. The summed E-state index contributed by atoms with van der Waals surface area (Å²) in [6.45, 7) is 2.35. The first-order chi connectivity index (χ1) is 8.78. The van der Waals surface area contributed by atoms with Gasteiger partial charge in [-0.05, 0) is 12.8 Å². The van der Waals surface area contributed by atoms with Crippen molar-refractivity contribution >= 4 is 5.96 Å². The molecule has 0 atom stereocenters. The van der Waals surface area contributed by atoms with E-state index in [1.54, 1.807) is 6.92 Å². The summed E-state index contributed by atoms with van der Waals surface area (Å²) in [5, 5.41) is 7.12. The molecule has 18 heavy (non-hydrogen) atoms. The molecule has 4 N–H and O–H groups in total. The number of nitrogens with zero attached hydrogens (tertiary/aromatic N) is 3. The second-order valence-corrected chi connectivity index (χ2v) is 4.48. The lowest BCUT2D eigenvalue weighted by Gasteiger charge is -2.14. The van der Waals surface area contributed by atoms with Crippen molar-refractivity contribution in [2.75, 3.05) is 6.54 Å². The fourth-order valence-corrected chi connectivity index (χ4v) is 2.11. The molecule has 0 aromatic carbocycles. The lowest BCUT2D eigenvalue weighted by molar-refractivity contribution is 0.387. The number of aliphatic imine (C=N–C) groups is 1. The largest absolute Gasteiger partial charge is 0.353 e. The molecule has 1 aliphatic rings. The number of rotatable bonds is 4. The molecule has 0 saturated heterocycles. The number of aryl methyl sites for hydroxylation is 1. The first-order valence-corrected chi connectivity index (χ1v) is 6.34. The summed E-state index contributed by atoms with van der Waals surface area (Å²) in [6.07, 6.45) is 5.57. The zero-order valence-electron chi connectivity index (χ0n) is 10.6. The number of nitrogens with one attached hydrogen (secondary N) is 2. The van der Waals surface area contributed by atoms with Crippen LogP contribution < -0.4 is 16.6 Å². The summed E-state index contributed by atoms with van der Waals surface area (Å²) in [5.74, 6) is 7.34. The highest BCUT2D eigenvalue weighted by Gasteiger charge is 2.15. The molecule has 0 radical (unpaired) electrons. The van der Waals surface area contributed by atoms with E-state index in [0.29, 0.717) is 36.7 Å². The Morgan fingerprint density at radius 1 is 1.50 bits per heavy atom. The topological polar surface area (TPSA) is 101 Å². The van der Waals surface area contributed by atoms with Crippen LogP contribution in [0.15, 0.2) is 9.52 Å². The highest BCUT2D eigenvalue weighted by molar-refractivity contribution is 5.79. The van der Waals surface area contributed by atoms with Gasteiger partial charge in [0.1, 0.15) is 0 Å². The standard InChI is InChI=1S/C11H20N6O/c1-8-14-10(17-18-8)6-7-13-11(16-12)15-9-4-2-3-5-9/h9H,2-7,12H2,1H3,(H2,13,15,16). The van der Waals surface area contributed by atoms with Gasteiger partial charge in [0.2, 0.25) is 11.9 Å². The van der Waals surface area contributed by atoms with Gasteiger partial charge in [0.25, 0.3) is 0 Å². The molecular weight excluding hydrogens is 232 g/mol. The zero-order valence-corrected chi connectivity index (χ0v) is 10.6. The summed E-state index contributed by atoms with van der Waals surface area (Å²) in [6, 6.07) is 0.493. The van der Waals surface area contributed by atoms with Crippen LogP contribution in [0.4, 0.5) is 0 Å². The maximum Gasteiger partial charge on any atom is 0.223 e. The first kappa shape index (κ1) is 12.8. The molecule has 0 spiro atoms. The van der Waals surface area contributed by atoms with Crippen molar-refractivity contribution in [2.24, 2.45) is 10.8 Å². The van der Waals surface area contributed by atoms with Crippen LogP contribution in [0, 0.1) is 6.92 Å². The van der Waals surface area contributed by atoms with E-state index in [0.717, 1.165) is 0 Å². The van der Waals surface area contributed by atoms with Gasteiger partial charge in [0.15, 0.2) is 5.82 Å². The van der Waals surface area contributed by atoms with Gasteiger partial charge in [-0.3, -0.25) is 10.4 Å². The van der Waals surface area contributed by atoms with Crippen molar-refractivity contribution in [1.82, 2.24) is 20.9 Å². The van der Waals surface area contributed by atoms with Crippen LogP contribution in [0.1, 0.15) is 37.4 Å². The quantitative estimate of drug-likeness (QED) is 0.308. The minimum absolute atomic E-state index is 0.493. The third kappa shape index (κ3) is 3.69. The molecule has 0 bridgehead atoms. The SMILES string of the molecule is Cc1nc(CCN=C(NN)NC2CCCC2)no1. The number of guanidine groups is 1. The van der Waals surface area contributed by atoms with Crippen LogP contribution in [0.3, 0.4) is 0 Å². The van der Waals surface area contributed by atoms with Gasteiger partial charge in [-0.15, -0.1) is 0 Å².